The summed E-state index contributed by atoms with van der Waals surface area (Å²) in [5, 5.41) is 17.5. The van der Waals surface area contributed by atoms with Gasteiger partial charge in [0.25, 0.3) is 0 Å². The lowest BCUT2D eigenvalue weighted by Crippen LogP contribution is -2.14. The molecular weight excluding hydrogens is 246 g/mol. The second-order valence-corrected chi connectivity index (χ2v) is 4.88. The quantitative estimate of drug-likeness (QED) is 0.468. The highest BCUT2D eigenvalue weighted by atomic mass is 16.4. The van der Waals surface area contributed by atoms with Crippen LogP contribution < -0.4 is 6.15 Å². The van der Waals surface area contributed by atoms with Crippen LogP contribution in [0.4, 0.5) is 0 Å². The molecule has 0 bridgehead atoms. The molecule has 1 atom stereocenters. The molecule has 0 aliphatic carbocycles. The minimum atomic E-state index is -0.848. The van der Waals surface area contributed by atoms with Crippen molar-refractivity contribution in [3.8, 4) is 0 Å². The summed E-state index contributed by atoms with van der Waals surface area (Å²) in [6.45, 7) is 2.17. The maximum Gasteiger partial charge on any atom is 0.306 e. The smallest absolute Gasteiger partial charge is 0.306 e. The summed E-state index contributed by atoms with van der Waals surface area (Å²) in [7, 11) is 0. The maximum absolute atomic E-state index is 11.0. The fourth-order valence-electron chi connectivity index (χ4n) is 2.06. The molecule has 0 saturated carbocycles. The Bertz CT molecular complexity index is 244. The molecule has 0 aliphatic heterocycles. The third-order valence-electron chi connectivity index (χ3n) is 3.20. The molecule has 5 heteroatoms. The Morgan fingerprint density at radius 2 is 1.42 bits per heavy atom. The molecule has 5 N–H and O–H groups in total. The van der Waals surface area contributed by atoms with Crippen LogP contribution in [0.2, 0.25) is 0 Å². The van der Waals surface area contributed by atoms with Crippen molar-refractivity contribution in [1.29, 1.82) is 0 Å². The van der Waals surface area contributed by atoms with Crippen molar-refractivity contribution in [3.05, 3.63) is 0 Å². The normalized spacial score (nSPS) is 11.6. The van der Waals surface area contributed by atoms with E-state index in [0.717, 1.165) is 12.8 Å². The molecule has 0 amide bonds. The number of carboxylic acids is 2. The van der Waals surface area contributed by atoms with Crippen molar-refractivity contribution in [2.75, 3.05) is 0 Å². The highest BCUT2D eigenvalue weighted by Gasteiger charge is 2.16. The first kappa shape index (κ1) is 20.2. The summed E-state index contributed by atoms with van der Waals surface area (Å²) >= 11 is 0. The zero-order valence-corrected chi connectivity index (χ0v) is 12.1. The lowest BCUT2D eigenvalue weighted by molar-refractivity contribution is -0.143. The van der Waals surface area contributed by atoms with Crippen molar-refractivity contribution >= 4 is 11.9 Å². The van der Waals surface area contributed by atoms with Gasteiger partial charge in [0.05, 0.1) is 5.92 Å². The van der Waals surface area contributed by atoms with E-state index in [-0.39, 0.29) is 18.5 Å². The van der Waals surface area contributed by atoms with Gasteiger partial charge in [0.15, 0.2) is 0 Å². The predicted octanol–water partition coefficient (Wildman–Crippen LogP) is 3.85. The lowest BCUT2D eigenvalue weighted by atomic mass is 9.95. The highest BCUT2D eigenvalue weighted by Crippen LogP contribution is 2.18. The third-order valence-corrected chi connectivity index (χ3v) is 3.20. The van der Waals surface area contributed by atoms with Crippen LogP contribution in [0.15, 0.2) is 0 Å². The third kappa shape index (κ3) is 13.1. The Hall–Kier alpha value is -1.10. The zero-order chi connectivity index (χ0) is 13.8. The van der Waals surface area contributed by atoms with Crippen LogP contribution in [-0.4, -0.2) is 22.2 Å². The number of hydrogen-bond acceptors (Lipinski definition) is 3. The molecule has 114 valence electrons. The van der Waals surface area contributed by atoms with Crippen LogP contribution in [0, 0.1) is 5.92 Å². The highest BCUT2D eigenvalue weighted by molar-refractivity contribution is 5.70. The second kappa shape index (κ2) is 13.3. The summed E-state index contributed by atoms with van der Waals surface area (Å²) in [6.07, 6.45) is 8.59. The standard InChI is InChI=1S/C14H26O4.H3N/c1-2-3-4-5-6-7-9-12(14(17)18)10-8-11-13(15)16;/h12H,2-11H2,1H3,(H,15,16)(H,17,18);1H3. The van der Waals surface area contributed by atoms with E-state index in [4.69, 9.17) is 10.2 Å². The number of rotatable bonds is 12. The van der Waals surface area contributed by atoms with Crippen LogP contribution in [0.25, 0.3) is 0 Å². The van der Waals surface area contributed by atoms with E-state index in [1.54, 1.807) is 0 Å². The van der Waals surface area contributed by atoms with Gasteiger partial charge >= 0.3 is 11.9 Å². The van der Waals surface area contributed by atoms with Gasteiger partial charge in [-0.25, -0.2) is 0 Å². The molecule has 0 rings (SSSR count). The van der Waals surface area contributed by atoms with Crippen molar-refractivity contribution in [2.45, 2.75) is 71.1 Å². The van der Waals surface area contributed by atoms with Gasteiger partial charge in [-0.05, 0) is 19.3 Å². The summed E-state index contributed by atoms with van der Waals surface area (Å²) < 4.78 is 0. The first-order valence-electron chi connectivity index (χ1n) is 7.02. The van der Waals surface area contributed by atoms with Crippen LogP contribution in [0.5, 0.6) is 0 Å². The average molecular weight is 275 g/mol. The molecule has 1 unspecified atom stereocenters. The monoisotopic (exact) mass is 275 g/mol. The summed E-state index contributed by atoms with van der Waals surface area (Å²) in [5.41, 5.74) is 0. The van der Waals surface area contributed by atoms with E-state index >= 15 is 0 Å². The molecule has 0 aromatic rings. The van der Waals surface area contributed by atoms with Gasteiger partial charge in [0.2, 0.25) is 0 Å². The minimum Gasteiger partial charge on any atom is -0.481 e. The molecule has 0 spiro atoms. The van der Waals surface area contributed by atoms with E-state index in [1.807, 2.05) is 0 Å². The number of carboxylic acid groups (broad SMARTS) is 2. The van der Waals surface area contributed by atoms with Crippen molar-refractivity contribution < 1.29 is 19.8 Å². The fourth-order valence-corrected chi connectivity index (χ4v) is 2.06. The largest absolute Gasteiger partial charge is 0.481 e. The van der Waals surface area contributed by atoms with Gasteiger partial charge in [-0.2, -0.15) is 0 Å². The van der Waals surface area contributed by atoms with Gasteiger partial charge in [0.1, 0.15) is 0 Å². The van der Waals surface area contributed by atoms with E-state index in [2.05, 4.69) is 6.92 Å². The minimum absolute atomic E-state index is 0. The Labute approximate surface area is 116 Å². The Kier molecular flexibility index (Phi) is 14.2. The number of aliphatic carboxylic acids is 2. The van der Waals surface area contributed by atoms with Crippen LogP contribution in [0.1, 0.15) is 71.1 Å². The average Bonchev–Trinajstić information content (AvgIpc) is 2.30. The Morgan fingerprint density at radius 1 is 0.895 bits per heavy atom. The first-order valence-corrected chi connectivity index (χ1v) is 7.02. The Morgan fingerprint density at radius 3 is 1.95 bits per heavy atom. The van der Waals surface area contributed by atoms with Crippen LogP contribution in [-0.2, 0) is 9.59 Å². The molecule has 0 aromatic carbocycles. The van der Waals surface area contributed by atoms with E-state index in [0.29, 0.717) is 19.3 Å². The van der Waals surface area contributed by atoms with Crippen LogP contribution in [0.3, 0.4) is 0 Å². The summed E-state index contributed by atoms with van der Waals surface area (Å²) in [4.78, 5) is 21.4. The van der Waals surface area contributed by atoms with Crippen molar-refractivity contribution in [1.82, 2.24) is 6.15 Å². The predicted molar refractivity (Wildman–Crippen MR) is 75.6 cm³/mol. The summed E-state index contributed by atoms with van der Waals surface area (Å²) in [5.74, 6) is -2.00. The van der Waals surface area contributed by atoms with E-state index < -0.39 is 11.9 Å². The summed E-state index contributed by atoms with van der Waals surface area (Å²) in [6, 6.07) is 0. The maximum atomic E-state index is 11.0. The molecule has 0 heterocycles. The number of hydrogen-bond donors (Lipinski definition) is 3. The first-order chi connectivity index (χ1) is 8.57. The number of carbonyl (C=O) groups is 2. The topological polar surface area (TPSA) is 110 Å². The van der Waals surface area contributed by atoms with Gasteiger partial charge in [0, 0.05) is 6.42 Å². The lowest BCUT2D eigenvalue weighted by Gasteiger charge is -2.11. The Balaban J connectivity index is 0. The molecule has 19 heavy (non-hydrogen) atoms. The van der Waals surface area contributed by atoms with E-state index in [9.17, 15) is 9.59 Å². The number of unbranched alkanes of at least 4 members (excludes halogenated alkanes) is 5. The van der Waals surface area contributed by atoms with Crippen molar-refractivity contribution in [3.63, 3.8) is 0 Å². The zero-order valence-electron chi connectivity index (χ0n) is 12.1. The molecular formula is C14H29NO4. The molecule has 0 aliphatic rings. The van der Waals surface area contributed by atoms with Crippen molar-refractivity contribution in [2.24, 2.45) is 5.92 Å². The second-order valence-electron chi connectivity index (χ2n) is 4.88. The van der Waals surface area contributed by atoms with Gasteiger partial charge in [-0.15, -0.1) is 0 Å². The molecule has 0 saturated heterocycles. The van der Waals surface area contributed by atoms with E-state index in [1.165, 1.54) is 25.7 Å². The fraction of sp³-hybridized carbons (Fsp3) is 0.857. The molecule has 0 fully saturated rings. The molecule has 0 aromatic heterocycles. The SMILES string of the molecule is CCCCCCCCC(CCCC(=O)O)C(=O)O.N. The van der Waals surface area contributed by atoms with Gasteiger partial charge < -0.3 is 16.4 Å². The molecule has 5 nitrogen and oxygen atoms in total. The molecule has 0 radical (unpaired) electrons. The van der Waals surface area contributed by atoms with Crippen LogP contribution >= 0.6 is 0 Å². The van der Waals surface area contributed by atoms with Gasteiger partial charge in [-0.3, -0.25) is 9.59 Å². The van der Waals surface area contributed by atoms with Gasteiger partial charge in [-0.1, -0.05) is 45.4 Å².